The number of methoxy groups -OCH3 is 1. The smallest absolute Gasteiger partial charge is 0.303 e. The highest BCUT2D eigenvalue weighted by Gasteiger charge is 2.30. The Morgan fingerprint density at radius 1 is 1.30 bits per heavy atom. The molecule has 180 valence electrons. The molecule has 2 aliphatic rings. The number of aliphatic carboxylic acids is 1. The number of piperidine rings is 1. The van der Waals surface area contributed by atoms with Crippen LogP contribution in [0.15, 0.2) is 24.4 Å². The van der Waals surface area contributed by atoms with Crippen LogP contribution in [-0.2, 0) is 11.2 Å². The second-order valence-corrected chi connectivity index (χ2v) is 11.3. The Morgan fingerprint density at radius 3 is 2.88 bits per heavy atom. The van der Waals surface area contributed by atoms with Crippen LogP contribution >= 0.6 is 23.4 Å². The quantitative estimate of drug-likeness (QED) is 0.422. The Bertz CT molecular complexity index is 953. The van der Waals surface area contributed by atoms with Gasteiger partial charge in [-0.15, -0.1) is 0 Å². The normalized spacial score (nSPS) is 21.8. The van der Waals surface area contributed by atoms with Gasteiger partial charge in [-0.3, -0.25) is 9.78 Å². The van der Waals surface area contributed by atoms with Crippen LogP contribution in [0.1, 0.15) is 50.5 Å². The largest absolute Gasteiger partial charge is 0.497 e. The lowest BCUT2D eigenvalue weighted by Crippen LogP contribution is -2.42. The van der Waals surface area contributed by atoms with Crippen molar-refractivity contribution in [2.75, 3.05) is 32.5 Å². The molecule has 1 aromatic carbocycles. The van der Waals surface area contributed by atoms with Gasteiger partial charge in [0.15, 0.2) is 0 Å². The Labute approximate surface area is 206 Å². The first-order valence-corrected chi connectivity index (χ1v) is 13.6. The third-order valence-electron chi connectivity index (χ3n) is 7.36. The van der Waals surface area contributed by atoms with Crippen molar-refractivity contribution in [2.24, 2.45) is 11.8 Å². The summed E-state index contributed by atoms with van der Waals surface area (Å²) >= 11 is 8.64. The molecule has 5 nitrogen and oxygen atoms in total. The van der Waals surface area contributed by atoms with Gasteiger partial charge in [-0.2, -0.15) is 11.8 Å². The van der Waals surface area contributed by atoms with Crippen LogP contribution in [0.5, 0.6) is 5.75 Å². The van der Waals surface area contributed by atoms with Crippen molar-refractivity contribution in [1.82, 2.24) is 9.88 Å². The fraction of sp³-hybridized carbons (Fsp3) is 0.615. The molecule has 2 heterocycles. The fourth-order valence-electron chi connectivity index (χ4n) is 5.20. The Morgan fingerprint density at radius 2 is 2.15 bits per heavy atom. The zero-order valence-electron chi connectivity index (χ0n) is 19.5. The summed E-state index contributed by atoms with van der Waals surface area (Å²) in [5.74, 6) is 1.99. The number of hydrogen-bond donors (Lipinski definition) is 1. The highest BCUT2D eigenvalue weighted by molar-refractivity contribution is 7.99. The van der Waals surface area contributed by atoms with Crippen molar-refractivity contribution >= 4 is 40.2 Å². The summed E-state index contributed by atoms with van der Waals surface area (Å²) in [7, 11) is 1.67. The summed E-state index contributed by atoms with van der Waals surface area (Å²) in [6, 6.07) is 5.90. The van der Waals surface area contributed by atoms with Crippen molar-refractivity contribution in [2.45, 2.75) is 56.6 Å². The lowest BCUT2D eigenvalue weighted by Gasteiger charge is -2.38. The number of aromatic nitrogens is 1. The van der Waals surface area contributed by atoms with Gasteiger partial charge >= 0.3 is 5.97 Å². The number of carboxylic acid groups (broad SMARTS) is 1. The summed E-state index contributed by atoms with van der Waals surface area (Å²) in [6.45, 7) is 3.09. The molecule has 1 aliphatic carbocycles. The molecular weight excluding hydrogens is 456 g/mol. The van der Waals surface area contributed by atoms with E-state index in [2.05, 4.69) is 21.6 Å². The first-order valence-electron chi connectivity index (χ1n) is 12.2. The zero-order chi connectivity index (χ0) is 23.2. The summed E-state index contributed by atoms with van der Waals surface area (Å²) in [4.78, 5) is 18.5. The molecule has 33 heavy (non-hydrogen) atoms. The summed E-state index contributed by atoms with van der Waals surface area (Å²) in [5.41, 5.74) is 2.04. The van der Waals surface area contributed by atoms with Crippen molar-refractivity contribution < 1.29 is 14.6 Å². The van der Waals surface area contributed by atoms with Gasteiger partial charge in [-0.25, -0.2) is 0 Å². The monoisotopic (exact) mass is 490 g/mol. The van der Waals surface area contributed by atoms with E-state index in [1.165, 1.54) is 25.0 Å². The van der Waals surface area contributed by atoms with E-state index in [9.17, 15) is 9.90 Å². The molecule has 4 rings (SSSR count). The van der Waals surface area contributed by atoms with E-state index in [0.29, 0.717) is 10.9 Å². The molecule has 0 unspecified atom stereocenters. The van der Waals surface area contributed by atoms with E-state index in [1.54, 1.807) is 13.3 Å². The molecule has 0 bridgehead atoms. The van der Waals surface area contributed by atoms with Crippen LogP contribution < -0.4 is 4.74 Å². The van der Waals surface area contributed by atoms with Crippen molar-refractivity contribution in [3.8, 4) is 5.75 Å². The van der Waals surface area contributed by atoms with Gasteiger partial charge < -0.3 is 14.7 Å². The number of nitrogens with zero attached hydrogens (tertiary/aromatic N) is 2. The highest BCUT2D eigenvalue weighted by Crippen LogP contribution is 2.34. The molecule has 2 atom stereocenters. The molecule has 2 fully saturated rings. The SMILES string of the molecule is COc1ccc2ncc(Cl)c(CCC[C@@H]3CCN(CCSC4CCC4)C[C@H]3CC(=O)O)c2c1. The Hall–Kier alpha value is -1.50. The van der Waals surface area contributed by atoms with E-state index in [1.807, 2.05) is 18.2 Å². The molecule has 1 N–H and O–H groups in total. The van der Waals surface area contributed by atoms with Gasteiger partial charge in [0.2, 0.25) is 0 Å². The molecular formula is C26H35ClN2O3S. The topological polar surface area (TPSA) is 62.7 Å². The first kappa shape index (κ1) is 24.6. The molecule has 0 spiro atoms. The van der Waals surface area contributed by atoms with Gasteiger partial charge in [0.05, 0.1) is 17.6 Å². The number of carboxylic acids is 1. The summed E-state index contributed by atoms with van der Waals surface area (Å²) in [5, 5.41) is 12.1. The Balaban J connectivity index is 1.34. The number of likely N-dealkylation sites (tertiary alicyclic amines) is 1. The molecule has 0 amide bonds. The minimum Gasteiger partial charge on any atom is -0.497 e. The van der Waals surface area contributed by atoms with E-state index in [-0.39, 0.29) is 12.3 Å². The summed E-state index contributed by atoms with van der Waals surface area (Å²) < 4.78 is 5.40. The minimum absolute atomic E-state index is 0.231. The van der Waals surface area contributed by atoms with E-state index in [4.69, 9.17) is 16.3 Å². The second kappa shape index (κ2) is 11.8. The highest BCUT2D eigenvalue weighted by atomic mass is 35.5. The third kappa shape index (κ3) is 6.55. The predicted octanol–water partition coefficient (Wildman–Crippen LogP) is 5.92. The van der Waals surface area contributed by atoms with E-state index < -0.39 is 5.97 Å². The summed E-state index contributed by atoms with van der Waals surface area (Å²) in [6.07, 6.45) is 10.1. The number of rotatable bonds is 11. The maximum atomic E-state index is 11.6. The molecule has 0 radical (unpaired) electrons. The number of thioether (sulfide) groups is 1. The van der Waals surface area contributed by atoms with Gasteiger partial charge in [-0.05, 0) is 80.7 Å². The number of halogens is 1. The van der Waals surface area contributed by atoms with Crippen LogP contribution in [0.3, 0.4) is 0 Å². The van der Waals surface area contributed by atoms with Crippen LogP contribution in [-0.4, -0.2) is 58.7 Å². The zero-order valence-corrected chi connectivity index (χ0v) is 21.0. The second-order valence-electron chi connectivity index (χ2n) is 9.49. The molecule has 7 heteroatoms. The number of fused-ring (bicyclic) bond motifs is 1. The number of benzene rings is 1. The van der Waals surface area contributed by atoms with Crippen molar-refractivity contribution in [3.05, 3.63) is 35.0 Å². The maximum Gasteiger partial charge on any atom is 0.303 e. The third-order valence-corrected chi connectivity index (χ3v) is 9.05. The van der Waals surface area contributed by atoms with Gasteiger partial charge in [0, 0.05) is 42.1 Å². The van der Waals surface area contributed by atoms with Gasteiger partial charge in [0.1, 0.15) is 5.75 Å². The molecule has 1 saturated carbocycles. The molecule has 1 aliphatic heterocycles. The standard InChI is InChI=1S/C26H35ClN2O3S/c1-32-20-8-9-25-23(15-20)22(24(27)16-28-25)7-2-4-18-10-11-29(17-19(18)14-26(30)31)12-13-33-21-5-3-6-21/h8-9,15-16,18-19,21H,2-7,10-14,17H2,1H3,(H,30,31)/t18-,19-/m1/s1. The average Bonchev–Trinajstić information content (AvgIpc) is 2.77. The lowest BCUT2D eigenvalue weighted by atomic mass is 9.80. The van der Waals surface area contributed by atoms with Gasteiger partial charge in [0.25, 0.3) is 0 Å². The predicted molar refractivity (Wildman–Crippen MR) is 137 cm³/mol. The average molecular weight is 491 g/mol. The number of aryl methyl sites for hydroxylation is 1. The molecule has 2 aromatic rings. The maximum absolute atomic E-state index is 11.6. The number of hydrogen-bond acceptors (Lipinski definition) is 5. The van der Waals surface area contributed by atoms with Crippen molar-refractivity contribution in [1.29, 1.82) is 0 Å². The van der Waals surface area contributed by atoms with Gasteiger partial charge in [-0.1, -0.05) is 18.0 Å². The fourth-order valence-corrected chi connectivity index (χ4v) is 6.81. The van der Waals surface area contributed by atoms with Crippen LogP contribution in [0.4, 0.5) is 0 Å². The molecule has 1 aromatic heterocycles. The van der Waals surface area contributed by atoms with Crippen LogP contribution in [0, 0.1) is 11.8 Å². The van der Waals surface area contributed by atoms with Crippen molar-refractivity contribution in [3.63, 3.8) is 0 Å². The van der Waals surface area contributed by atoms with E-state index >= 15 is 0 Å². The minimum atomic E-state index is -0.675. The number of pyridine rings is 1. The van der Waals surface area contributed by atoms with Crippen LogP contribution in [0.25, 0.3) is 10.9 Å². The molecule has 1 saturated heterocycles. The van der Waals surface area contributed by atoms with E-state index in [0.717, 1.165) is 72.8 Å². The number of ether oxygens (including phenoxy) is 1. The number of carbonyl (C=O) groups is 1. The first-order chi connectivity index (χ1) is 16.0. The van der Waals surface area contributed by atoms with Crippen LogP contribution in [0.2, 0.25) is 5.02 Å². The Kier molecular flexibility index (Phi) is 8.78. The lowest BCUT2D eigenvalue weighted by molar-refractivity contribution is -0.139.